The molecule has 0 radical (unpaired) electrons. The average Bonchev–Trinajstić information content (AvgIpc) is 2.12. The number of nitrogens with two attached hydrogens (primary N) is 1. The second kappa shape index (κ2) is 4.24. The lowest BCUT2D eigenvalue weighted by atomic mass is 9.94. The molecule has 0 saturated carbocycles. The molecule has 1 nitrogen and oxygen atoms in total. The van der Waals surface area contributed by atoms with E-state index < -0.39 is 0 Å². The summed E-state index contributed by atoms with van der Waals surface area (Å²) in [5, 5.41) is 0. The Kier molecular flexibility index (Phi) is 3.57. The second-order valence-corrected chi connectivity index (χ2v) is 4.39. The summed E-state index contributed by atoms with van der Waals surface area (Å²) < 4.78 is 0. The Morgan fingerprint density at radius 3 is 2.90 bits per heavy atom. The Hall–Kier alpha value is 0.310. The zero-order valence-electron chi connectivity index (χ0n) is 6.68. The molecule has 0 aromatic rings. The quantitative estimate of drug-likeness (QED) is 0.632. The minimum atomic E-state index is 0.415. The summed E-state index contributed by atoms with van der Waals surface area (Å²) in [6, 6.07) is 0.415. The van der Waals surface area contributed by atoms with E-state index in [1.165, 1.54) is 30.8 Å². The molecule has 0 aliphatic carbocycles. The zero-order chi connectivity index (χ0) is 7.40. The van der Waals surface area contributed by atoms with Gasteiger partial charge in [0.2, 0.25) is 0 Å². The smallest absolute Gasteiger partial charge is 0.00390 e. The Bertz CT molecular complexity index is 85.3. The highest BCUT2D eigenvalue weighted by Gasteiger charge is 2.15. The molecule has 1 aliphatic heterocycles. The fourth-order valence-electron chi connectivity index (χ4n) is 1.45. The lowest BCUT2D eigenvalue weighted by molar-refractivity contribution is 0.406. The first-order valence-corrected chi connectivity index (χ1v) is 5.29. The van der Waals surface area contributed by atoms with Gasteiger partial charge < -0.3 is 5.73 Å². The molecule has 1 unspecified atom stereocenters. The van der Waals surface area contributed by atoms with E-state index in [4.69, 9.17) is 5.73 Å². The molecule has 2 heteroatoms. The van der Waals surface area contributed by atoms with Gasteiger partial charge in [0.15, 0.2) is 0 Å². The highest BCUT2D eigenvalue weighted by atomic mass is 32.2. The largest absolute Gasteiger partial charge is 0.328 e. The zero-order valence-corrected chi connectivity index (χ0v) is 7.49. The molecule has 2 N–H and O–H groups in total. The average molecular weight is 159 g/mol. The van der Waals surface area contributed by atoms with Gasteiger partial charge in [-0.1, -0.05) is 0 Å². The fourth-order valence-corrected chi connectivity index (χ4v) is 2.50. The van der Waals surface area contributed by atoms with Gasteiger partial charge in [-0.15, -0.1) is 0 Å². The molecule has 0 bridgehead atoms. The molecule has 1 saturated heterocycles. The minimum absolute atomic E-state index is 0.415. The van der Waals surface area contributed by atoms with E-state index in [2.05, 4.69) is 18.7 Å². The van der Waals surface area contributed by atoms with Gasteiger partial charge in [0, 0.05) is 6.04 Å². The van der Waals surface area contributed by atoms with Gasteiger partial charge in [0.25, 0.3) is 0 Å². The van der Waals surface area contributed by atoms with Crippen molar-refractivity contribution in [2.45, 2.75) is 32.2 Å². The van der Waals surface area contributed by atoms with Crippen molar-refractivity contribution in [3.05, 3.63) is 0 Å². The molecule has 0 amide bonds. The summed E-state index contributed by atoms with van der Waals surface area (Å²) in [5.74, 6) is 3.48. The van der Waals surface area contributed by atoms with Gasteiger partial charge in [0.05, 0.1) is 0 Å². The molecule has 60 valence electrons. The van der Waals surface area contributed by atoms with Crippen LogP contribution in [-0.2, 0) is 0 Å². The normalized spacial score (nSPS) is 31.2. The maximum Gasteiger partial charge on any atom is 0.00390 e. The third kappa shape index (κ3) is 2.51. The van der Waals surface area contributed by atoms with Crippen LogP contribution in [0.5, 0.6) is 0 Å². The standard InChI is InChI=1S/C8H17NS/c1-7(9)8-3-2-5-10-6-4-8/h7-8H,2-6,9H2,1H3/t7-,8?/m0/s1. The lowest BCUT2D eigenvalue weighted by Gasteiger charge is -2.16. The molecule has 0 spiro atoms. The van der Waals surface area contributed by atoms with Gasteiger partial charge in [-0.25, -0.2) is 0 Å². The summed E-state index contributed by atoms with van der Waals surface area (Å²) in [6.07, 6.45) is 4.06. The van der Waals surface area contributed by atoms with E-state index in [-0.39, 0.29) is 0 Å². The van der Waals surface area contributed by atoms with Crippen LogP contribution in [0.25, 0.3) is 0 Å². The van der Waals surface area contributed by atoms with Crippen molar-refractivity contribution in [1.82, 2.24) is 0 Å². The van der Waals surface area contributed by atoms with Crippen molar-refractivity contribution >= 4 is 11.8 Å². The van der Waals surface area contributed by atoms with Gasteiger partial charge in [-0.2, -0.15) is 11.8 Å². The Labute approximate surface area is 67.8 Å². The van der Waals surface area contributed by atoms with E-state index in [9.17, 15) is 0 Å². The second-order valence-electron chi connectivity index (χ2n) is 3.16. The summed E-state index contributed by atoms with van der Waals surface area (Å²) in [5.41, 5.74) is 5.83. The Balaban J connectivity index is 2.28. The van der Waals surface area contributed by atoms with Crippen LogP contribution in [-0.4, -0.2) is 17.5 Å². The number of thioether (sulfide) groups is 1. The van der Waals surface area contributed by atoms with Crippen LogP contribution in [0, 0.1) is 5.92 Å². The fraction of sp³-hybridized carbons (Fsp3) is 1.00. The monoisotopic (exact) mass is 159 g/mol. The van der Waals surface area contributed by atoms with Crippen LogP contribution < -0.4 is 5.73 Å². The molecule has 1 heterocycles. The number of hydrogen-bond acceptors (Lipinski definition) is 2. The number of rotatable bonds is 1. The van der Waals surface area contributed by atoms with Crippen molar-refractivity contribution in [1.29, 1.82) is 0 Å². The first-order valence-electron chi connectivity index (χ1n) is 4.14. The molecule has 1 rings (SSSR count). The van der Waals surface area contributed by atoms with E-state index in [1.54, 1.807) is 0 Å². The molecule has 0 aromatic heterocycles. The third-order valence-electron chi connectivity index (χ3n) is 2.24. The van der Waals surface area contributed by atoms with Gasteiger partial charge in [0.1, 0.15) is 0 Å². The van der Waals surface area contributed by atoms with Gasteiger partial charge >= 0.3 is 0 Å². The van der Waals surface area contributed by atoms with Crippen LogP contribution in [0.4, 0.5) is 0 Å². The first kappa shape index (κ1) is 8.41. The van der Waals surface area contributed by atoms with Gasteiger partial charge in [-0.3, -0.25) is 0 Å². The van der Waals surface area contributed by atoms with E-state index in [0.717, 1.165) is 5.92 Å². The van der Waals surface area contributed by atoms with Crippen molar-refractivity contribution in [3.63, 3.8) is 0 Å². The predicted octanol–water partition coefficient (Wildman–Crippen LogP) is 1.87. The van der Waals surface area contributed by atoms with E-state index in [1.807, 2.05) is 0 Å². The van der Waals surface area contributed by atoms with Gasteiger partial charge in [-0.05, 0) is 43.6 Å². The van der Waals surface area contributed by atoms with Crippen LogP contribution in [0.15, 0.2) is 0 Å². The summed E-state index contributed by atoms with van der Waals surface area (Å²) >= 11 is 2.08. The lowest BCUT2D eigenvalue weighted by Crippen LogP contribution is -2.26. The van der Waals surface area contributed by atoms with Crippen LogP contribution in [0.3, 0.4) is 0 Å². The summed E-state index contributed by atoms with van der Waals surface area (Å²) in [7, 11) is 0. The van der Waals surface area contributed by atoms with Crippen LogP contribution >= 0.6 is 11.8 Å². The SMILES string of the molecule is C[C@H](N)C1CCCSCC1. The molecule has 0 aromatic carbocycles. The van der Waals surface area contributed by atoms with Crippen LogP contribution in [0.2, 0.25) is 0 Å². The number of hydrogen-bond donors (Lipinski definition) is 1. The van der Waals surface area contributed by atoms with E-state index in [0.29, 0.717) is 6.04 Å². The molecule has 1 aliphatic rings. The summed E-state index contributed by atoms with van der Waals surface area (Å²) in [6.45, 7) is 2.14. The molecule has 1 fully saturated rings. The molecule has 10 heavy (non-hydrogen) atoms. The third-order valence-corrected chi connectivity index (χ3v) is 3.34. The van der Waals surface area contributed by atoms with Crippen molar-refractivity contribution in [3.8, 4) is 0 Å². The van der Waals surface area contributed by atoms with E-state index >= 15 is 0 Å². The minimum Gasteiger partial charge on any atom is -0.328 e. The molecular formula is C8H17NS. The van der Waals surface area contributed by atoms with Crippen molar-refractivity contribution < 1.29 is 0 Å². The molecular weight excluding hydrogens is 142 g/mol. The predicted molar refractivity (Wildman–Crippen MR) is 48.3 cm³/mol. The highest BCUT2D eigenvalue weighted by Crippen LogP contribution is 2.23. The summed E-state index contributed by atoms with van der Waals surface area (Å²) in [4.78, 5) is 0. The maximum atomic E-state index is 5.83. The Morgan fingerprint density at radius 1 is 1.40 bits per heavy atom. The molecule has 2 atom stereocenters. The first-order chi connectivity index (χ1) is 4.80. The topological polar surface area (TPSA) is 26.0 Å². The van der Waals surface area contributed by atoms with Crippen LogP contribution in [0.1, 0.15) is 26.2 Å². The van der Waals surface area contributed by atoms with Crippen molar-refractivity contribution in [2.24, 2.45) is 11.7 Å². The Morgan fingerprint density at radius 2 is 2.20 bits per heavy atom. The highest BCUT2D eigenvalue weighted by molar-refractivity contribution is 7.99. The van der Waals surface area contributed by atoms with Crippen molar-refractivity contribution in [2.75, 3.05) is 11.5 Å². The maximum absolute atomic E-state index is 5.83.